The fourth-order valence-corrected chi connectivity index (χ4v) is 3.73. The lowest BCUT2D eigenvalue weighted by atomic mass is 10.2. The second kappa shape index (κ2) is 9.55. The molecule has 0 saturated carbocycles. The number of hydrogen-bond donors (Lipinski definition) is 2. The van der Waals surface area contributed by atoms with Gasteiger partial charge >= 0.3 is 0 Å². The normalized spacial score (nSPS) is 16.4. The van der Waals surface area contributed by atoms with Crippen LogP contribution in [0.1, 0.15) is 32.1 Å². The van der Waals surface area contributed by atoms with Crippen molar-refractivity contribution in [3.63, 3.8) is 0 Å². The summed E-state index contributed by atoms with van der Waals surface area (Å²) in [5.41, 5.74) is 6.64. The van der Waals surface area contributed by atoms with E-state index in [1.807, 2.05) is 12.1 Å². The first-order chi connectivity index (χ1) is 11.6. The zero-order valence-electron chi connectivity index (χ0n) is 13.7. The number of pyridine rings is 1. The molecule has 1 saturated heterocycles. The summed E-state index contributed by atoms with van der Waals surface area (Å²) in [6.07, 6.45) is 7.40. The quantitative estimate of drug-likeness (QED) is 0.393. The predicted molar refractivity (Wildman–Crippen MR) is 93.9 cm³/mol. The summed E-state index contributed by atoms with van der Waals surface area (Å²) in [6.45, 7) is 1.58. The molecule has 2 rings (SSSR count). The Morgan fingerprint density at radius 2 is 2.04 bits per heavy atom. The Hall–Kier alpha value is -1.71. The van der Waals surface area contributed by atoms with Crippen molar-refractivity contribution in [2.24, 2.45) is 10.7 Å². The summed E-state index contributed by atoms with van der Waals surface area (Å²) in [6, 6.07) is 3.62. The van der Waals surface area contributed by atoms with Crippen molar-refractivity contribution in [1.82, 2.24) is 9.45 Å². The number of hydroxylamine groups is 1. The number of nitrogens with zero attached hydrogens (tertiary/aromatic N) is 3. The van der Waals surface area contributed by atoms with Crippen LogP contribution >= 0.6 is 0 Å². The molecule has 0 spiro atoms. The average molecular weight is 355 g/mol. The predicted octanol–water partition coefficient (Wildman–Crippen LogP) is 1.34. The Labute approximate surface area is 143 Å². The van der Waals surface area contributed by atoms with E-state index in [4.69, 9.17) is 10.6 Å². The zero-order valence-corrected chi connectivity index (χ0v) is 14.5. The summed E-state index contributed by atoms with van der Waals surface area (Å²) < 4.78 is 25.0. The first-order valence-electron chi connectivity index (χ1n) is 8.18. The highest BCUT2D eigenvalue weighted by atomic mass is 32.2. The van der Waals surface area contributed by atoms with Gasteiger partial charge in [-0.3, -0.25) is 14.8 Å². The molecule has 1 aromatic heterocycles. The summed E-state index contributed by atoms with van der Waals surface area (Å²) >= 11 is 0. The topological polar surface area (TPSA) is 110 Å². The van der Waals surface area contributed by atoms with Gasteiger partial charge < -0.3 is 11.1 Å². The van der Waals surface area contributed by atoms with Crippen LogP contribution in [0, 0.1) is 0 Å². The maximum atomic E-state index is 11.9. The molecule has 3 N–H and O–H groups in total. The number of hydrogen-bond acceptors (Lipinski definition) is 5. The lowest BCUT2D eigenvalue weighted by molar-refractivity contribution is -0.0284. The smallest absolute Gasteiger partial charge is 0.236 e. The van der Waals surface area contributed by atoms with Crippen molar-refractivity contribution < 1.29 is 13.3 Å². The van der Waals surface area contributed by atoms with Gasteiger partial charge in [0.15, 0.2) is 5.96 Å². The molecule has 0 amide bonds. The van der Waals surface area contributed by atoms with Crippen LogP contribution in [0.25, 0.3) is 0 Å². The summed E-state index contributed by atoms with van der Waals surface area (Å²) in [5, 5.41) is 2.98. The number of sulfonamides is 1. The van der Waals surface area contributed by atoms with Gasteiger partial charge in [-0.05, 0) is 31.4 Å². The highest BCUT2D eigenvalue weighted by molar-refractivity contribution is 7.88. The van der Waals surface area contributed by atoms with Crippen LogP contribution in [-0.4, -0.2) is 49.3 Å². The highest BCUT2D eigenvalue weighted by Gasteiger charge is 2.25. The lowest BCUT2D eigenvalue weighted by Crippen LogP contribution is -2.29. The molecule has 0 radical (unpaired) electrons. The molecule has 9 heteroatoms. The van der Waals surface area contributed by atoms with Gasteiger partial charge in [0.2, 0.25) is 10.0 Å². The molecular formula is C15H25N5O3S. The summed E-state index contributed by atoms with van der Waals surface area (Å²) in [7, 11) is -3.25. The largest absolute Gasteiger partial charge is 0.370 e. The van der Waals surface area contributed by atoms with E-state index in [1.54, 1.807) is 12.4 Å². The highest BCUT2D eigenvalue weighted by Crippen LogP contribution is 2.13. The Morgan fingerprint density at radius 1 is 1.29 bits per heavy atom. The second-order valence-electron chi connectivity index (χ2n) is 5.57. The fraction of sp³-hybridized carbons (Fsp3) is 0.600. The van der Waals surface area contributed by atoms with Gasteiger partial charge in [0, 0.05) is 31.2 Å². The fourth-order valence-electron chi connectivity index (χ4n) is 2.32. The number of aromatic nitrogens is 1. The van der Waals surface area contributed by atoms with Gasteiger partial charge in [-0.1, -0.05) is 17.3 Å². The molecule has 0 atom stereocenters. The SMILES string of the molecule is NC(=NCCCCCCS(=O)(=O)N1CCCO1)Nc1ccncc1. The zero-order chi connectivity index (χ0) is 17.3. The van der Waals surface area contributed by atoms with Crippen LogP contribution in [-0.2, 0) is 14.9 Å². The Kier molecular flexibility index (Phi) is 7.41. The number of nitrogens with two attached hydrogens (primary N) is 1. The molecule has 0 bridgehead atoms. The third-order valence-electron chi connectivity index (χ3n) is 3.58. The van der Waals surface area contributed by atoms with E-state index in [0.29, 0.717) is 32.1 Å². The first kappa shape index (κ1) is 18.6. The maximum absolute atomic E-state index is 11.9. The van der Waals surface area contributed by atoms with Crippen LogP contribution in [0.3, 0.4) is 0 Å². The van der Waals surface area contributed by atoms with E-state index in [0.717, 1.165) is 35.8 Å². The van der Waals surface area contributed by atoms with E-state index in [-0.39, 0.29) is 5.75 Å². The van der Waals surface area contributed by atoms with Crippen molar-refractivity contribution in [3.8, 4) is 0 Å². The van der Waals surface area contributed by atoms with E-state index < -0.39 is 10.0 Å². The van der Waals surface area contributed by atoms with Gasteiger partial charge in [0.05, 0.1) is 12.4 Å². The standard InChI is InChI=1S/C15H25N5O3S/c16-15(19-14-6-9-17-10-7-14)18-8-3-1-2-4-13-24(21,22)20-11-5-12-23-20/h6-7,9-10H,1-5,8,11-13H2,(H3,16,17,18,19). The molecule has 0 aliphatic carbocycles. The minimum absolute atomic E-state index is 0.141. The molecule has 1 aliphatic rings. The van der Waals surface area contributed by atoms with Gasteiger partial charge in [-0.15, -0.1) is 0 Å². The molecule has 2 heterocycles. The number of guanidine groups is 1. The molecule has 1 aliphatic heterocycles. The van der Waals surface area contributed by atoms with Crippen molar-refractivity contribution in [2.45, 2.75) is 32.1 Å². The molecule has 0 aromatic carbocycles. The number of unbranched alkanes of at least 4 members (excludes halogenated alkanes) is 3. The first-order valence-corrected chi connectivity index (χ1v) is 9.79. The van der Waals surface area contributed by atoms with E-state index >= 15 is 0 Å². The van der Waals surface area contributed by atoms with Crippen molar-refractivity contribution in [2.75, 3.05) is 30.8 Å². The minimum atomic E-state index is -3.25. The molecule has 1 fully saturated rings. The van der Waals surface area contributed by atoms with Gasteiger partial charge in [0.25, 0.3) is 0 Å². The molecule has 24 heavy (non-hydrogen) atoms. The summed E-state index contributed by atoms with van der Waals surface area (Å²) in [4.78, 5) is 13.3. The Morgan fingerprint density at radius 3 is 2.75 bits per heavy atom. The second-order valence-corrected chi connectivity index (χ2v) is 7.55. The third kappa shape index (κ3) is 6.42. The monoisotopic (exact) mass is 355 g/mol. The molecule has 8 nitrogen and oxygen atoms in total. The molecule has 134 valence electrons. The minimum Gasteiger partial charge on any atom is -0.370 e. The Bertz CT molecular complexity index is 615. The van der Waals surface area contributed by atoms with Gasteiger partial charge in [0.1, 0.15) is 0 Å². The van der Waals surface area contributed by atoms with Crippen LogP contribution in [0.5, 0.6) is 0 Å². The van der Waals surface area contributed by atoms with Gasteiger partial charge in [-0.25, -0.2) is 8.42 Å². The van der Waals surface area contributed by atoms with Crippen LogP contribution in [0.4, 0.5) is 5.69 Å². The number of aliphatic imine (C=N–C) groups is 1. The van der Waals surface area contributed by atoms with Gasteiger partial charge in [-0.2, -0.15) is 0 Å². The lowest BCUT2D eigenvalue weighted by Gasteiger charge is -2.13. The summed E-state index contributed by atoms with van der Waals surface area (Å²) in [5.74, 6) is 0.511. The van der Waals surface area contributed by atoms with Crippen molar-refractivity contribution >= 4 is 21.7 Å². The Balaban J connectivity index is 1.55. The molecule has 1 aromatic rings. The van der Waals surface area contributed by atoms with Crippen LogP contribution in [0.15, 0.2) is 29.5 Å². The van der Waals surface area contributed by atoms with Crippen molar-refractivity contribution in [1.29, 1.82) is 0 Å². The van der Waals surface area contributed by atoms with Crippen molar-refractivity contribution in [3.05, 3.63) is 24.5 Å². The molecular weight excluding hydrogens is 330 g/mol. The third-order valence-corrected chi connectivity index (χ3v) is 5.29. The number of nitrogens with one attached hydrogen (secondary N) is 1. The maximum Gasteiger partial charge on any atom is 0.236 e. The van der Waals surface area contributed by atoms with Crippen LogP contribution < -0.4 is 11.1 Å². The van der Waals surface area contributed by atoms with E-state index in [2.05, 4.69) is 15.3 Å². The average Bonchev–Trinajstić information content (AvgIpc) is 3.10. The van der Waals surface area contributed by atoms with E-state index in [9.17, 15) is 8.42 Å². The van der Waals surface area contributed by atoms with Crippen LogP contribution in [0.2, 0.25) is 0 Å². The van der Waals surface area contributed by atoms with E-state index in [1.165, 1.54) is 0 Å². The number of anilines is 1. The molecule has 0 unspecified atom stereocenters. The number of rotatable bonds is 9.